The van der Waals surface area contributed by atoms with Crippen LogP contribution in [0.4, 0.5) is 0 Å². The van der Waals surface area contributed by atoms with Gasteiger partial charge in [0.1, 0.15) is 5.76 Å². The average molecular weight is 340 g/mol. The Morgan fingerprint density at radius 1 is 1.25 bits per heavy atom. The lowest BCUT2D eigenvalue weighted by molar-refractivity contribution is -0.135. The fraction of sp³-hybridized carbons (Fsp3) is 0.368. The van der Waals surface area contributed by atoms with Gasteiger partial charge in [0.05, 0.1) is 27.5 Å². The molecular weight excluding hydrogens is 320 g/mol. The molecule has 0 radical (unpaired) electrons. The summed E-state index contributed by atoms with van der Waals surface area (Å²) in [6, 6.07) is 12.1. The summed E-state index contributed by atoms with van der Waals surface area (Å²) in [7, 11) is 0. The number of aromatic nitrogens is 1. The van der Waals surface area contributed by atoms with Gasteiger partial charge in [-0.05, 0) is 43.5 Å². The van der Waals surface area contributed by atoms with Crippen LogP contribution in [0.3, 0.4) is 0 Å². The van der Waals surface area contributed by atoms with E-state index in [0.717, 1.165) is 42.1 Å². The number of aryl methyl sites for hydroxylation is 1. The number of furan rings is 1. The van der Waals surface area contributed by atoms with Crippen molar-refractivity contribution >= 4 is 27.5 Å². The molecule has 3 heterocycles. The molecule has 5 heteroatoms. The Labute approximate surface area is 145 Å². The van der Waals surface area contributed by atoms with Gasteiger partial charge in [0.15, 0.2) is 0 Å². The number of para-hydroxylation sites is 1. The quantitative estimate of drug-likeness (QED) is 0.698. The fourth-order valence-electron chi connectivity index (χ4n) is 3.39. The second-order valence-electron chi connectivity index (χ2n) is 6.19. The predicted molar refractivity (Wildman–Crippen MR) is 95.0 cm³/mol. The van der Waals surface area contributed by atoms with E-state index >= 15 is 0 Å². The smallest absolute Gasteiger partial charge is 0.223 e. The molecule has 124 valence electrons. The number of fused-ring (bicyclic) bond motifs is 1. The molecule has 4 nitrogen and oxygen atoms in total. The molecule has 1 fully saturated rings. The average Bonchev–Trinajstić information content (AvgIpc) is 3.28. The van der Waals surface area contributed by atoms with E-state index in [0.29, 0.717) is 12.8 Å². The normalized spacial score (nSPS) is 18.2. The van der Waals surface area contributed by atoms with Crippen molar-refractivity contribution in [1.82, 2.24) is 9.88 Å². The van der Waals surface area contributed by atoms with Crippen molar-refractivity contribution in [3.8, 4) is 0 Å². The third-order valence-corrected chi connectivity index (χ3v) is 5.68. The maximum Gasteiger partial charge on any atom is 0.223 e. The van der Waals surface area contributed by atoms with Crippen LogP contribution in [0, 0.1) is 0 Å². The van der Waals surface area contributed by atoms with Crippen LogP contribution in [0.15, 0.2) is 47.1 Å². The molecule has 1 aromatic carbocycles. The topological polar surface area (TPSA) is 46.3 Å². The van der Waals surface area contributed by atoms with Gasteiger partial charge in [-0.25, -0.2) is 4.98 Å². The van der Waals surface area contributed by atoms with Gasteiger partial charge in [-0.3, -0.25) is 4.79 Å². The maximum absolute atomic E-state index is 12.8. The SMILES string of the molecule is O=C(CCc1nc2ccccc2s1)N1CCCC[C@H]1c1ccco1. The van der Waals surface area contributed by atoms with Gasteiger partial charge in [-0.15, -0.1) is 11.3 Å². The van der Waals surface area contributed by atoms with E-state index in [4.69, 9.17) is 4.42 Å². The van der Waals surface area contributed by atoms with Gasteiger partial charge < -0.3 is 9.32 Å². The second-order valence-corrected chi connectivity index (χ2v) is 7.30. The van der Waals surface area contributed by atoms with Crippen molar-refractivity contribution in [2.75, 3.05) is 6.54 Å². The summed E-state index contributed by atoms with van der Waals surface area (Å²) >= 11 is 1.68. The molecule has 24 heavy (non-hydrogen) atoms. The van der Waals surface area contributed by atoms with Crippen molar-refractivity contribution in [1.29, 1.82) is 0 Å². The molecule has 0 aliphatic carbocycles. The number of piperidine rings is 1. The van der Waals surface area contributed by atoms with E-state index in [9.17, 15) is 4.79 Å². The lowest BCUT2D eigenvalue weighted by Crippen LogP contribution is -2.38. The van der Waals surface area contributed by atoms with Crippen LogP contribution in [-0.2, 0) is 11.2 Å². The van der Waals surface area contributed by atoms with Gasteiger partial charge in [0, 0.05) is 19.4 Å². The number of amides is 1. The van der Waals surface area contributed by atoms with Crippen LogP contribution in [0.25, 0.3) is 10.2 Å². The number of rotatable bonds is 4. The highest BCUT2D eigenvalue weighted by Gasteiger charge is 2.29. The highest BCUT2D eigenvalue weighted by atomic mass is 32.1. The van der Waals surface area contributed by atoms with Crippen molar-refractivity contribution in [3.05, 3.63) is 53.4 Å². The molecule has 0 N–H and O–H groups in total. The monoisotopic (exact) mass is 340 g/mol. The number of carbonyl (C=O) groups excluding carboxylic acids is 1. The number of likely N-dealkylation sites (tertiary alicyclic amines) is 1. The molecule has 1 aliphatic rings. The minimum absolute atomic E-state index is 0.0941. The van der Waals surface area contributed by atoms with Gasteiger partial charge in [0.2, 0.25) is 5.91 Å². The fourth-order valence-corrected chi connectivity index (χ4v) is 4.36. The van der Waals surface area contributed by atoms with Crippen LogP contribution in [0.5, 0.6) is 0 Å². The number of thiazole rings is 1. The van der Waals surface area contributed by atoms with Gasteiger partial charge in [-0.1, -0.05) is 12.1 Å². The molecule has 0 bridgehead atoms. The highest BCUT2D eigenvalue weighted by molar-refractivity contribution is 7.18. The number of nitrogens with zero attached hydrogens (tertiary/aromatic N) is 2. The van der Waals surface area contributed by atoms with E-state index in [2.05, 4.69) is 11.1 Å². The van der Waals surface area contributed by atoms with Crippen LogP contribution in [-0.4, -0.2) is 22.3 Å². The summed E-state index contributed by atoms with van der Waals surface area (Å²) in [6.45, 7) is 0.823. The first-order valence-electron chi connectivity index (χ1n) is 8.48. The van der Waals surface area contributed by atoms with Crippen molar-refractivity contribution in [2.45, 2.75) is 38.1 Å². The molecule has 2 aromatic heterocycles. The number of hydrogen-bond donors (Lipinski definition) is 0. The highest BCUT2D eigenvalue weighted by Crippen LogP contribution is 2.32. The first-order chi connectivity index (χ1) is 11.8. The summed E-state index contributed by atoms with van der Waals surface area (Å²) < 4.78 is 6.74. The zero-order valence-electron chi connectivity index (χ0n) is 13.5. The molecule has 0 unspecified atom stereocenters. The van der Waals surface area contributed by atoms with Crippen molar-refractivity contribution < 1.29 is 9.21 Å². The molecule has 0 saturated carbocycles. The summed E-state index contributed by atoms with van der Waals surface area (Å²) in [5.74, 6) is 1.11. The maximum atomic E-state index is 12.8. The Morgan fingerprint density at radius 2 is 2.17 bits per heavy atom. The third-order valence-electron chi connectivity index (χ3n) is 4.59. The zero-order chi connectivity index (χ0) is 16.4. The standard InChI is InChI=1S/C19H20N2O2S/c22-19(11-10-18-20-14-6-1-2-9-17(14)24-18)21-12-4-3-7-15(21)16-8-5-13-23-16/h1-2,5-6,8-9,13,15H,3-4,7,10-12H2/t15-/m0/s1. The summed E-state index contributed by atoms with van der Waals surface area (Å²) in [6.07, 6.45) is 6.11. The van der Waals surface area contributed by atoms with E-state index in [1.54, 1.807) is 17.6 Å². The molecule has 1 atom stereocenters. The molecular formula is C19H20N2O2S. The zero-order valence-corrected chi connectivity index (χ0v) is 14.3. The molecule has 1 saturated heterocycles. The molecule has 0 spiro atoms. The van der Waals surface area contributed by atoms with Crippen LogP contribution >= 0.6 is 11.3 Å². The van der Waals surface area contributed by atoms with Crippen molar-refractivity contribution in [3.63, 3.8) is 0 Å². The Hall–Kier alpha value is -2.14. The largest absolute Gasteiger partial charge is 0.467 e. The van der Waals surface area contributed by atoms with Crippen LogP contribution < -0.4 is 0 Å². The Bertz CT molecular complexity index is 792. The number of hydrogen-bond acceptors (Lipinski definition) is 4. The van der Waals surface area contributed by atoms with Crippen LogP contribution in [0.2, 0.25) is 0 Å². The third kappa shape index (κ3) is 3.08. The molecule has 1 amide bonds. The van der Waals surface area contributed by atoms with E-state index in [1.165, 1.54) is 4.70 Å². The summed E-state index contributed by atoms with van der Waals surface area (Å²) in [5, 5.41) is 1.04. The number of carbonyl (C=O) groups is 1. The molecule has 1 aliphatic heterocycles. The minimum Gasteiger partial charge on any atom is -0.467 e. The summed E-state index contributed by atoms with van der Waals surface area (Å²) in [5.41, 5.74) is 1.02. The van der Waals surface area contributed by atoms with Gasteiger partial charge >= 0.3 is 0 Å². The van der Waals surface area contributed by atoms with Gasteiger partial charge in [-0.2, -0.15) is 0 Å². The van der Waals surface area contributed by atoms with Crippen molar-refractivity contribution in [2.24, 2.45) is 0 Å². The Kier molecular flexibility index (Phi) is 4.34. The first kappa shape index (κ1) is 15.4. The lowest BCUT2D eigenvalue weighted by Gasteiger charge is -2.34. The summed E-state index contributed by atoms with van der Waals surface area (Å²) in [4.78, 5) is 19.4. The Morgan fingerprint density at radius 3 is 3.00 bits per heavy atom. The van der Waals surface area contributed by atoms with E-state index < -0.39 is 0 Å². The Balaban J connectivity index is 1.44. The predicted octanol–water partition coefficient (Wildman–Crippen LogP) is 4.58. The van der Waals surface area contributed by atoms with E-state index in [-0.39, 0.29) is 11.9 Å². The number of benzene rings is 1. The minimum atomic E-state index is 0.0941. The molecule has 4 rings (SSSR count). The first-order valence-corrected chi connectivity index (χ1v) is 9.30. The molecule has 3 aromatic rings. The second kappa shape index (κ2) is 6.77. The van der Waals surface area contributed by atoms with E-state index in [1.807, 2.05) is 35.2 Å². The van der Waals surface area contributed by atoms with Gasteiger partial charge in [0.25, 0.3) is 0 Å². The van der Waals surface area contributed by atoms with Crippen LogP contribution in [0.1, 0.15) is 42.5 Å². The lowest BCUT2D eigenvalue weighted by atomic mass is 9.99.